The number of rotatable bonds is 7. The Morgan fingerprint density at radius 2 is 2.07 bits per heavy atom. The van der Waals surface area contributed by atoms with E-state index in [4.69, 9.17) is 4.74 Å². The van der Waals surface area contributed by atoms with Crippen LogP contribution >= 0.6 is 11.3 Å². The van der Waals surface area contributed by atoms with Crippen LogP contribution in [-0.4, -0.2) is 42.0 Å². The molecule has 0 aliphatic carbocycles. The Hall–Kier alpha value is -3.03. The smallest absolute Gasteiger partial charge is 0.254 e. The Labute approximate surface area is 179 Å². The second-order valence-corrected chi connectivity index (χ2v) is 8.07. The van der Waals surface area contributed by atoms with Gasteiger partial charge in [-0.15, -0.1) is 11.3 Å². The number of carbonyl (C=O) groups excluding carboxylic acids is 2. The average molecular weight is 422 g/mol. The fourth-order valence-corrected chi connectivity index (χ4v) is 4.76. The number of nitrogens with zero attached hydrogens (tertiary/aromatic N) is 2. The highest BCUT2D eigenvalue weighted by atomic mass is 32.1. The summed E-state index contributed by atoms with van der Waals surface area (Å²) in [7, 11) is 1.61. The monoisotopic (exact) mass is 421 g/mol. The second kappa shape index (κ2) is 9.19. The number of benzene rings is 1. The van der Waals surface area contributed by atoms with Gasteiger partial charge in [0.1, 0.15) is 0 Å². The van der Waals surface area contributed by atoms with Crippen molar-refractivity contribution >= 4 is 23.2 Å². The number of carbonyl (C=O) groups is 2. The summed E-state index contributed by atoms with van der Waals surface area (Å²) in [6, 6.07) is 14.7. The predicted octanol–water partition coefficient (Wildman–Crippen LogP) is 3.39. The number of amides is 2. The molecule has 3 aromatic rings. The molecule has 0 spiro atoms. The molecule has 3 heterocycles. The molecule has 0 bridgehead atoms. The molecule has 0 unspecified atom stereocenters. The van der Waals surface area contributed by atoms with Crippen molar-refractivity contribution in [2.45, 2.75) is 18.5 Å². The standard InChI is InChI=1S/C23H23N3O3S/c1-29-12-11-26-21(19-9-5-13-30-19)20(17-7-2-3-8-18(17)23(26)28)22(27)25-15-16-6-4-10-24-14-16/h2-10,13-14,20-21H,11-12,15H2,1H3,(H,25,27)/t20-,21-/m0/s1. The third-order valence-electron chi connectivity index (χ3n) is 5.28. The summed E-state index contributed by atoms with van der Waals surface area (Å²) in [5, 5.41) is 5.02. The molecule has 1 aromatic carbocycles. The van der Waals surface area contributed by atoms with E-state index in [1.54, 1.807) is 41.8 Å². The fraction of sp³-hybridized carbons (Fsp3) is 0.261. The first kappa shape index (κ1) is 20.3. The van der Waals surface area contributed by atoms with E-state index >= 15 is 0 Å². The SMILES string of the molecule is COCCN1C(=O)c2ccccc2[C@H](C(=O)NCc2cccnc2)[C@@H]1c1cccs1. The Morgan fingerprint density at radius 1 is 1.20 bits per heavy atom. The van der Waals surface area contributed by atoms with Crippen LogP contribution in [0.5, 0.6) is 0 Å². The van der Waals surface area contributed by atoms with E-state index in [0.717, 1.165) is 16.0 Å². The second-order valence-electron chi connectivity index (χ2n) is 7.10. The van der Waals surface area contributed by atoms with E-state index in [0.29, 0.717) is 25.3 Å². The van der Waals surface area contributed by atoms with Crippen molar-refractivity contribution in [3.63, 3.8) is 0 Å². The number of hydrogen-bond acceptors (Lipinski definition) is 5. The molecule has 0 radical (unpaired) electrons. The summed E-state index contributed by atoms with van der Waals surface area (Å²) in [5.41, 5.74) is 2.26. The molecule has 2 aromatic heterocycles. The highest BCUT2D eigenvalue weighted by Crippen LogP contribution is 2.44. The molecular weight excluding hydrogens is 398 g/mol. The molecule has 2 atom stereocenters. The molecule has 1 N–H and O–H groups in total. The minimum Gasteiger partial charge on any atom is -0.383 e. The van der Waals surface area contributed by atoms with Crippen LogP contribution in [0.25, 0.3) is 0 Å². The highest BCUT2D eigenvalue weighted by Gasteiger charge is 2.44. The highest BCUT2D eigenvalue weighted by molar-refractivity contribution is 7.10. The number of ether oxygens (including phenoxy) is 1. The lowest BCUT2D eigenvalue weighted by atomic mass is 9.81. The van der Waals surface area contributed by atoms with Gasteiger partial charge in [-0.25, -0.2) is 0 Å². The maximum Gasteiger partial charge on any atom is 0.254 e. The van der Waals surface area contributed by atoms with E-state index in [9.17, 15) is 9.59 Å². The Kier molecular flexibility index (Phi) is 6.21. The van der Waals surface area contributed by atoms with E-state index in [2.05, 4.69) is 10.3 Å². The van der Waals surface area contributed by atoms with Gasteiger partial charge >= 0.3 is 0 Å². The van der Waals surface area contributed by atoms with E-state index < -0.39 is 5.92 Å². The van der Waals surface area contributed by atoms with Crippen molar-refractivity contribution < 1.29 is 14.3 Å². The molecule has 30 heavy (non-hydrogen) atoms. The van der Waals surface area contributed by atoms with Gasteiger partial charge in [-0.1, -0.05) is 30.3 Å². The molecule has 0 saturated heterocycles. The van der Waals surface area contributed by atoms with Crippen molar-refractivity contribution in [3.8, 4) is 0 Å². The normalized spacial score (nSPS) is 18.2. The van der Waals surface area contributed by atoms with Gasteiger partial charge in [0.2, 0.25) is 5.91 Å². The molecule has 1 aliphatic rings. The third kappa shape index (κ3) is 3.99. The lowest BCUT2D eigenvalue weighted by Crippen LogP contribution is -2.48. The summed E-state index contributed by atoms with van der Waals surface area (Å²) in [5.74, 6) is -0.692. The first-order chi connectivity index (χ1) is 14.7. The molecule has 1 aliphatic heterocycles. The number of pyridine rings is 1. The van der Waals surface area contributed by atoms with Gasteiger partial charge in [-0.2, -0.15) is 0 Å². The van der Waals surface area contributed by atoms with Gasteiger partial charge in [0.25, 0.3) is 5.91 Å². The Bertz CT molecular complexity index is 1010. The van der Waals surface area contributed by atoms with Crippen LogP contribution in [0.2, 0.25) is 0 Å². The van der Waals surface area contributed by atoms with Crippen LogP contribution in [0.3, 0.4) is 0 Å². The van der Waals surface area contributed by atoms with Crippen LogP contribution in [0.1, 0.15) is 38.3 Å². The molecule has 7 heteroatoms. The van der Waals surface area contributed by atoms with Gasteiger partial charge in [-0.05, 0) is 34.7 Å². The molecule has 154 valence electrons. The van der Waals surface area contributed by atoms with Crippen molar-refractivity contribution in [1.29, 1.82) is 0 Å². The average Bonchev–Trinajstić information content (AvgIpc) is 3.32. The minimum atomic E-state index is -0.508. The van der Waals surface area contributed by atoms with Gasteiger partial charge in [0.05, 0.1) is 18.6 Å². The van der Waals surface area contributed by atoms with Crippen LogP contribution in [-0.2, 0) is 16.1 Å². The van der Waals surface area contributed by atoms with E-state index in [-0.39, 0.29) is 17.9 Å². The van der Waals surface area contributed by atoms with Crippen LogP contribution in [0.4, 0.5) is 0 Å². The number of aromatic nitrogens is 1. The molecule has 0 saturated carbocycles. The number of nitrogens with one attached hydrogen (secondary N) is 1. The van der Waals surface area contributed by atoms with Crippen molar-refractivity contribution in [3.05, 3.63) is 87.9 Å². The van der Waals surface area contributed by atoms with Gasteiger partial charge in [0, 0.05) is 43.0 Å². The number of hydrogen-bond donors (Lipinski definition) is 1. The Balaban J connectivity index is 1.72. The molecular formula is C23H23N3O3S. The lowest BCUT2D eigenvalue weighted by molar-refractivity contribution is -0.124. The summed E-state index contributed by atoms with van der Waals surface area (Å²) < 4.78 is 5.25. The third-order valence-corrected chi connectivity index (χ3v) is 6.22. The molecule has 0 fully saturated rings. The number of fused-ring (bicyclic) bond motifs is 1. The summed E-state index contributed by atoms with van der Waals surface area (Å²) in [6.07, 6.45) is 3.44. The minimum absolute atomic E-state index is 0.0719. The molecule has 6 nitrogen and oxygen atoms in total. The number of methoxy groups -OCH3 is 1. The van der Waals surface area contributed by atoms with Crippen molar-refractivity contribution in [2.24, 2.45) is 0 Å². The number of thiophene rings is 1. The first-order valence-corrected chi connectivity index (χ1v) is 10.7. The van der Waals surface area contributed by atoms with Crippen LogP contribution < -0.4 is 5.32 Å². The quantitative estimate of drug-likeness (QED) is 0.635. The van der Waals surface area contributed by atoms with E-state index in [1.807, 2.05) is 47.8 Å². The van der Waals surface area contributed by atoms with Crippen LogP contribution in [0, 0.1) is 0 Å². The molecule has 2 amide bonds. The maximum absolute atomic E-state index is 13.5. The zero-order chi connectivity index (χ0) is 20.9. The summed E-state index contributed by atoms with van der Waals surface area (Å²) in [6.45, 7) is 1.20. The zero-order valence-corrected chi connectivity index (χ0v) is 17.5. The maximum atomic E-state index is 13.5. The van der Waals surface area contributed by atoms with Gasteiger partial charge < -0.3 is 15.0 Å². The summed E-state index contributed by atoms with van der Waals surface area (Å²) >= 11 is 1.55. The summed E-state index contributed by atoms with van der Waals surface area (Å²) in [4.78, 5) is 33.6. The topological polar surface area (TPSA) is 71.5 Å². The first-order valence-electron chi connectivity index (χ1n) is 9.79. The van der Waals surface area contributed by atoms with Crippen molar-refractivity contribution in [1.82, 2.24) is 15.2 Å². The van der Waals surface area contributed by atoms with Crippen molar-refractivity contribution in [2.75, 3.05) is 20.3 Å². The Morgan fingerprint density at radius 3 is 2.80 bits per heavy atom. The predicted molar refractivity (Wildman–Crippen MR) is 115 cm³/mol. The van der Waals surface area contributed by atoms with Crippen LogP contribution in [0.15, 0.2) is 66.3 Å². The lowest BCUT2D eigenvalue weighted by Gasteiger charge is -2.41. The molecule has 4 rings (SSSR count). The zero-order valence-electron chi connectivity index (χ0n) is 16.7. The van der Waals surface area contributed by atoms with E-state index in [1.165, 1.54) is 0 Å². The van der Waals surface area contributed by atoms with Gasteiger partial charge in [0.15, 0.2) is 0 Å². The largest absolute Gasteiger partial charge is 0.383 e. The van der Waals surface area contributed by atoms with Gasteiger partial charge in [-0.3, -0.25) is 14.6 Å². The fourth-order valence-electron chi connectivity index (χ4n) is 3.89.